The van der Waals surface area contributed by atoms with Gasteiger partial charge in [0.1, 0.15) is 0 Å². The Bertz CT molecular complexity index is 318. The van der Waals surface area contributed by atoms with E-state index in [2.05, 4.69) is 12.6 Å². The van der Waals surface area contributed by atoms with Crippen LogP contribution in [-0.4, -0.2) is 5.75 Å². The normalized spacial score (nSPS) is 11.8. The number of benzene rings is 1. The molecule has 1 aromatic rings. The van der Waals surface area contributed by atoms with Gasteiger partial charge in [-0.05, 0) is 42.4 Å². The van der Waals surface area contributed by atoms with Crippen molar-refractivity contribution in [3.8, 4) is 0 Å². The van der Waals surface area contributed by atoms with Crippen LogP contribution in [0.3, 0.4) is 0 Å². The Kier molecular flexibility index (Phi) is 3.48. The minimum atomic E-state index is -4.25. The summed E-state index contributed by atoms with van der Waals surface area (Å²) in [5.41, 5.74) is 1.01. The standard InChI is InChI=1S/C10H11F3S/c1-7-6-9(10(11,12)13)3-2-8(7)4-5-14/h2-3,6,14H,4-5H2,1H3. The van der Waals surface area contributed by atoms with Crippen molar-refractivity contribution in [3.63, 3.8) is 0 Å². The predicted octanol–water partition coefficient (Wildman–Crippen LogP) is 3.49. The van der Waals surface area contributed by atoms with Crippen molar-refractivity contribution in [1.29, 1.82) is 0 Å². The van der Waals surface area contributed by atoms with E-state index in [9.17, 15) is 13.2 Å². The number of aryl methyl sites for hydroxylation is 2. The molecule has 14 heavy (non-hydrogen) atoms. The molecule has 4 heteroatoms. The van der Waals surface area contributed by atoms with Crippen LogP contribution in [-0.2, 0) is 12.6 Å². The van der Waals surface area contributed by atoms with Gasteiger partial charge in [0.2, 0.25) is 0 Å². The van der Waals surface area contributed by atoms with E-state index in [0.29, 0.717) is 17.7 Å². The lowest BCUT2D eigenvalue weighted by Gasteiger charge is -2.10. The summed E-state index contributed by atoms with van der Waals surface area (Å²) in [6.45, 7) is 1.69. The van der Waals surface area contributed by atoms with Crippen LogP contribution in [0.25, 0.3) is 0 Å². The average Bonchev–Trinajstić information content (AvgIpc) is 2.07. The zero-order chi connectivity index (χ0) is 10.8. The first-order valence-electron chi connectivity index (χ1n) is 4.22. The topological polar surface area (TPSA) is 0 Å². The van der Waals surface area contributed by atoms with E-state index >= 15 is 0 Å². The Labute approximate surface area is 86.5 Å². The van der Waals surface area contributed by atoms with Crippen LogP contribution in [0.15, 0.2) is 18.2 Å². The second-order valence-corrected chi connectivity index (χ2v) is 3.56. The van der Waals surface area contributed by atoms with Gasteiger partial charge in [-0.1, -0.05) is 6.07 Å². The third kappa shape index (κ3) is 2.67. The van der Waals surface area contributed by atoms with Crippen molar-refractivity contribution in [3.05, 3.63) is 34.9 Å². The summed E-state index contributed by atoms with van der Waals surface area (Å²) >= 11 is 4.04. The Hall–Kier alpha value is -0.640. The van der Waals surface area contributed by atoms with E-state index in [1.165, 1.54) is 12.1 Å². The van der Waals surface area contributed by atoms with Gasteiger partial charge < -0.3 is 0 Å². The third-order valence-corrected chi connectivity index (χ3v) is 2.27. The Morgan fingerprint density at radius 3 is 2.36 bits per heavy atom. The Balaban J connectivity index is 3.01. The number of halogens is 3. The fourth-order valence-electron chi connectivity index (χ4n) is 1.27. The first-order chi connectivity index (χ1) is 6.45. The van der Waals surface area contributed by atoms with Crippen LogP contribution >= 0.6 is 12.6 Å². The number of alkyl halides is 3. The molecule has 0 nitrogen and oxygen atoms in total. The molecule has 0 amide bonds. The third-order valence-electron chi connectivity index (χ3n) is 2.05. The first kappa shape index (κ1) is 11.4. The summed E-state index contributed by atoms with van der Waals surface area (Å²) in [7, 11) is 0. The summed E-state index contributed by atoms with van der Waals surface area (Å²) < 4.78 is 36.8. The molecular weight excluding hydrogens is 209 g/mol. The van der Waals surface area contributed by atoms with Gasteiger partial charge >= 0.3 is 6.18 Å². The molecule has 1 aromatic carbocycles. The van der Waals surface area contributed by atoms with Crippen molar-refractivity contribution < 1.29 is 13.2 Å². The lowest BCUT2D eigenvalue weighted by Crippen LogP contribution is -2.06. The molecule has 1 rings (SSSR count). The maximum absolute atomic E-state index is 12.3. The van der Waals surface area contributed by atoms with E-state index in [-0.39, 0.29) is 0 Å². The molecule has 0 saturated heterocycles. The molecule has 0 fully saturated rings. The number of rotatable bonds is 2. The summed E-state index contributed by atoms with van der Waals surface area (Å²) in [4.78, 5) is 0. The van der Waals surface area contributed by atoms with Crippen LogP contribution in [0, 0.1) is 6.92 Å². The summed E-state index contributed by atoms with van der Waals surface area (Å²) in [6.07, 6.45) is -3.54. The van der Waals surface area contributed by atoms with Gasteiger partial charge in [0.25, 0.3) is 0 Å². The highest BCUT2D eigenvalue weighted by atomic mass is 32.1. The quantitative estimate of drug-likeness (QED) is 0.725. The van der Waals surface area contributed by atoms with Crippen molar-refractivity contribution in [2.75, 3.05) is 5.75 Å². The van der Waals surface area contributed by atoms with Crippen LogP contribution < -0.4 is 0 Å². The SMILES string of the molecule is Cc1cc(C(F)(F)F)ccc1CCS. The second kappa shape index (κ2) is 4.26. The molecule has 0 aromatic heterocycles. The van der Waals surface area contributed by atoms with Gasteiger partial charge in [-0.2, -0.15) is 25.8 Å². The zero-order valence-corrected chi connectivity index (χ0v) is 8.62. The maximum Gasteiger partial charge on any atom is 0.416 e. The Morgan fingerprint density at radius 1 is 1.29 bits per heavy atom. The highest BCUT2D eigenvalue weighted by Gasteiger charge is 2.30. The fraction of sp³-hybridized carbons (Fsp3) is 0.400. The van der Waals surface area contributed by atoms with E-state index < -0.39 is 11.7 Å². The average molecular weight is 220 g/mol. The molecule has 0 saturated carbocycles. The molecule has 0 aliphatic rings. The van der Waals surface area contributed by atoms with E-state index in [4.69, 9.17) is 0 Å². The van der Waals surface area contributed by atoms with Crippen molar-refractivity contribution in [1.82, 2.24) is 0 Å². The van der Waals surface area contributed by atoms with E-state index in [0.717, 1.165) is 11.6 Å². The van der Waals surface area contributed by atoms with Gasteiger partial charge in [0.05, 0.1) is 5.56 Å². The maximum atomic E-state index is 12.3. The molecule has 0 spiro atoms. The zero-order valence-electron chi connectivity index (χ0n) is 7.73. The van der Waals surface area contributed by atoms with Crippen molar-refractivity contribution in [2.45, 2.75) is 19.5 Å². The Morgan fingerprint density at radius 2 is 1.93 bits per heavy atom. The highest BCUT2D eigenvalue weighted by molar-refractivity contribution is 7.80. The highest BCUT2D eigenvalue weighted by Crippen LogP contribution is 2.30. The van der Waals surface area contributed by atoms with Crippen LogP contribution in [0.1, 0.15) is 16.7 Å². The van der Waals surface area contributed by atoms with Crippen molar-refractivity contribution in [2.24, 2.45) is 0 Å². The van der Waals surface area contributed by atoms with Crippen LogP contribution in [0.2, 0.25) is 0 Å². The summed E-state index contributed by atoms with van der Waals surface area (Å²) in [5, 5.41) is 0. The van der Waals surface area contributed by atoms with Crippen molar-refractivity contribution >= 4 is 12.6 Å². The molecule has 0 radical (unpaired) electrons. The second-order valence-electron chi connectivity index (χ2n) is 3.11. The molecule has 0 unspecified atom stereocenters. The minimum absolute atomic E-state index is 0.585. The van der Waals surface area contributed by atoms with Gasteiger partial charge in [0.15, 0.2) is 0 Å². The molecule has 0 atom stereocenters. The lowest BCUT2D eigenvalue weighted by molar-refractivity contribution is -0.137. The summed E-state index contributed by atoms with van der Waals surface area (Å²) in [6, 6.07) is 3.82. The predicted molar refractivity (Wildman–Crippen MR) is 53.7 cm³/mol. The van der Waals surface area contributed by atoms with Gasteiger partial charge in [0, 0.05) is 0 Å². The number of hydrogen-bond donors (Lipinski definition) is 1. The molecule has 0 heterocycles. The van der Waals surface area contributed by atoms with E-state index in [1.54, 1.807) is 6.92 Å². The monoisotopic (exact) mass is 220 g/mol. The molecule has 0 N–H and O–H groups in total. The first-order valence-corrected chi connectivity index (χ1v) is 4.86. The molecule has 0 aliphatic carbocycles. The molecule has 0 bridgehead atoms. The van der Waals surface area contributed by atoms with E-state index in [1.807, 2.05) is 0 Å². The number of hydrogen-bond acceptors (Lipinski definition) is 1. The fourth-order valence-corrected chi connectivity index (χ4v) is 1.51. The lowest BCUT2D eigenvalue weighted by atomic mass is 10.0. The number of thiol groups is 1. The van der Waals surface area contributed by atoms with Gasteiger partial charge in [-0.3, -0.25) is 0 Å². The van der Waals surface area contributed by atoms with Gasteiger partial charge in [-0.15, -0.1) is 0 Å². The smallest absolute Gasteiger partial charge is 0.179 e. The molecule has 0 aliphatic heterocycles. The largest absolute Gasteiger partial charge is 0.416 e. The van der Waals surface area contributed by atoms with Crippen LogP contribution in [0.4, 0.5) is 13.2 Å². The minimum Gasteiger partial charge on any atom is -0.179 e. The van der Waals surface area contributed by atoms with Crippen LogP contribution in [0.5, 0.6) is 0 Å². The summed E-state index contributed by atoms with van der Waals surface area (Å²) in [5.74, 6) is 0.645. The molecule has 78 valence electrons. The molecular formula is C10H11F3S. The van der Waals surface area contributed by atoms with Gasteiger partial charge in [-0.25, -0.2) is 0 Å².